The summed E-state index contributed by atoms with van der Waals surface area (Å²) in [7, 11) is 0. The number of hydrogen-bond donors (Lipinski definition) is 0. The molecular weight excluding hydrogens is 373 g/mol. The fourth-order valence-electron chi connectivity index (χ4n) is 4.21. The van der Waals surface area contributed by atoms with E-state index >= 15 is 0 Å². The van der Waals surface area contributed by atoms with E-state index in [1.54, 1.807) is 28.8 Å². The first-order valence-electron chi connectivity index (χ1n) is 9.60. The fourth-order valence-corrected chi connectivity index (χ4v) is 4.21. The van der Waals surface area contributed by atoms with E-state index in [0.717, 1.165) is 5.56 Å². The van der Waals surface area contributed by atoms with E-state index < -0.39 is 11.6 Å². The van der Waals surface area contributed by atoms with Gasteiger partial charge < -0.3 is 9.47 Å². The van der Waals surface area contributed by atoms with E-state index in [4.69, 9.17) is 14.5 Å². The van der Waals surface area contributed by atoms with Crippen LogP contribution in [0, 0.1) is 17.1 Å². The number of nitriles is 1. The van der Waals surface area contributed by atoms with Crippen LogP contribution in [0.4, 0.5) is 4.39 Å². The first-order chi connectivity index (χ1) is 14.1. The largest absolute Gasteiger partial charge is 0.347 e. The molecule has 3 aromatic rings. The molecule has 5 rings (SSSR count). The molecule has 7 heteroatoms. The van der Waals surface area contributed by atoms with Crippen LogP contribution < -0.4 is 5.56 Å². The maximum Gasteiger partial charge on any atom is 0.261 e. The molecule has 6 nitrogen and oxygen atoms in total. The van der Waals surface area contributed by atoms with Crippen LogP contribution in [0.15, 0.2) is 41.2 Å². The molecule has 1 spiro atoms. The number of ether oxygens (including phenoxy) is 2. The van der Waals surface area contributed by atoms with E-state index in [2.05, 4.69) is 0 Å². The number of fused-ring (bicyclic) bond motifs is 2. The van der Waals surface area contributed by atoms with Crippen molar-refractivity contribution in [1.29, 1.82) is 5.26 Å². The number of aryl methyl sites for hydroxylation is 1. The van der Waals surface area contributed by atoms with Gasteiger partial charge in [0, 0.05) is 25.8 Å². The summed E-state index contributed by atoms with van der Waals surface area (Å²) in [5, 5.41) is 9.86. The SMILES string of the molecule is N#Cc1cc(F)ccc1-c1ccc2c(=O)n3c(nc2c1)CCC1(CC3)OCCO1. The Balaban J connectivity index is 1.60. The lowest BCUT2D eigenvalue weighted by Crippen LogP contribution is -2.31. The minimum absolute atomic E-state index is 0.0915. The zero-order chi connectivity index (χ0) is 20.0. The molecule has 0 saturated carbocycles. The summed E-state index contributed by atoms with van der Waals surface area (Å²) < 4.78 is 26.8. The quantitative estimate of drug-likeness (QED) is 0.637. The fraction of sp³-hybridized carbons (Fsp3) is 0.318. The highest BCUT2D eigenvalue weighted by Gasteiger charge is 2.38. The molecule has 146 valence electrons. The number of halogens is 1. The van der Waals surface area contributed by atoms with E-state index in [-0.39, 0.29) is 11.1 Å². The predicted molar refractivity (Wildman–Crippen MR) is 104 cm³/mol. The Kier molecular flexibility index (Phi) is 4.19. The van der Waals surface area contributed by atoms with Crippen molar-refractivity contribution in [3.8, 4) is 17.2 Å². The lowest BCUT2D eigenvalue weighted by Gasteiger charge is -2.24. The van der Waals surface area contributed by atoms with Gasteiger partial charge in [-0.1, -0.05) is 12.1 Å². The highest BCUT2D eigenvalue weighted by atomic mass is 19.1. The molecule has 0 atom stereocenters. The third kappa shape index (κ3) is 3.01. The first-order valence-corrected chi connectivity index (χ1v) is 9.60. The van der Waals surface area contributed by atoms with E-state index in [1.807, 2.05) is 6.07 Å². The number of nitrogens with zero attached hydrogens (tertiary/aromatic N) is 3. The first kappa shape index (κ1) is 18.0. The predicted octanol–water partition coefficient (Wildman–Crippen LogP) is 3.15. The van der Waals surface area contributed by atoms with Crippen molar-refractivity contribution in [2.45, 2.75) is 31.6 Å². The average Bonchev–Trinajstić information content (AvgIpc) is 3.12. The molecule has 0 radical (unpaired) electrons. The maximum absolute atomic E-state index is 13.5. The lowest BCUT2D eigenvalue weighted by molar-refractivity contribution is -0.165. The number of aromatic nitrogens is 2. The number of hydrogen-bond acceptors (Lipinski definition) is 5. The Bertz CT molecular complexity index is 1220. The molecule has 0 unspecified atom stereocenters. The summed E-state index contributed by atoms with van der Waals surface area (Å²) in [6.07, 6.45) is 1.85. The van der Waals surface area contributed by atoms with Crippen LogP contribution in [-0.4, -0.2) is 28.6 Å². The van der Waals surface area contributed by atoms with Gasteiger partial charge in [0.1, 0.15) is 11.6 Å². The third-order valence-electron chi connectivity index (χ3n) is 5.71. The van der Waals surface area contributed by atoms with Gasteiger partial charge in [-0.15, -0.1) is 0 Å². The Labute approximate surface area is 166 Å². The van der Waals surface area contributed by atoms with Gasteiger partial charge >= 0.3 is 0 Å². The van der Waals surface area contributed by atoms with Crippen molar-refractivity contribution in [3.63, 3.8) is 0 Å². The maximum atomic E-state index is 13.5. The van der Waals surface area contributed by atoms with Gasteiger partial charge in [0.15, 0.2) is 5.79 Å². The zero-order valence-corrected chi connectivity index (χ0v) is 15.7. The minimum atomic E-state index is -0.618. The molecular formula is C22H18FN3O3. The molecule has 3 heterocycles. The highest BCUT2D eigenvalue weighted by Crippen LogP contribution is 2.32. The van der Waals surface area contributed by atoms with Crippen molar-refractivity contribution in [1.82, 2.24) is 9.55 Å². The molecule has 2 aromatic carbocycles. The topological polar surface area (TPSA) is 77.1 Å². The second-order valence-electron chi connectivity index (χ2n) is 7.38. The number of benzene rings is 2. The standard InChI is InChI=1S/C22H18FN3O3/c23-16-2-4-17(15(11-16)13-24)14-1-3-18-19(12-14)25-20-5-6-22(28-9-10-29-22)7-8-26(20)21(18)27/h1-4,11-12H,5-10H2. The lowest BCUT2D eigenvalue weighted by atomic mass is 9.99. The highest BCUT2D eigenvalue weighted by molar-refractivity contribution is 5.85. The van der Waals surface area contributed by atoms with Gasteiger partial charge in [-0.2, -0.15) is 5.26 Å². The van der Waals surface area contributed by atoms with Gasteiger partial charge in [0.25, 0.3) is 5.56 Å². The van der Waals surface area contributed by atoms with Crippen molar-refractivity contribution >= 4 is 10.9 Å². The van der Waals surface area contributed by atoms with Crippen LogP contribution in [0.25, 0.3) is 22.0 Å². The zero-order valence-electron chi connectivity index (χ0n) is 15.7. The molecule has 2 aliphatic heterocycles. The Morgan fingerprint density at radius 2 is 1.97 bits per heavy atom. The molecule has 1 saturated heterocycles. The van der Waals surface area contributed by atoms with Crippen molar-refractivity contribution in [2.24, 2.45) is 0 Å². The molecule has 29 heavy (non-hydrogen) atoms. The van der Waals surface area contributed by atoms with Crippen LogP contribution in [0.1, 0.15) is 24.2 Å². The van der Waals surface area contributed by atoms with E-state index in [9.17, 15) is 14.4 Å². The number of rotatable bonds is 1. The third-order valence-corrected chi connectivity index (χ3v) is 5.71. The van der Waals surface area contributed by atoms with Crippen molar-refractivity contribution in [3.05, 3.63) is 64.0 Å². The van der Waals surface area contributed by atoms with Crippen LogP contribution in [0.5, 0.6) is 0 Å². The van der Waals surface area contributed by atoms with Crippen molar-refractivity contribution in [2.75, 3.05) is 13.2 Å². The summed E-state index contributed by atoms with van der Waals surface area (Å²) in [4.78, 5) is 17.8. The molecule has 0 aliphatic carbocycles. The Morgan fingerprint density at radius 3 is 2.76 bits per heavy atom. The van der Waals surface area contributed by atoms with Gasteiger partial charge in [0.05, 0.1) is 35.7 Å². The molecule has 0 amide bonds. The Morgan fingerprint density at radius 1 is 1.14 bits per heavy atom. The monoisotopic (exact) mass is 391 g/mol. The molecule has 1 aromatic heterocycles. The summed E-state index contributed by atoms with van der Waals surface area (Å²) in [5.74, 6) is -0.374. The van der Waals surface area contributed by atoms with Crippen LogP contribution >= 0.6 is 0 Å². The summed E-state index contributed by atoms with van der Waals surface area (Å²) in [5.41, 5.74) is 2.05. The van der Waals surface area contributed by atoms with E-state index in [0.29, 0.717) is 61.3 Å². The second-order valence-corrected chi connectivity index (χ2v) is 7.38. The summed E-state index contributed by atoms with van der Waals surface area (Å²) in [6, 6.07) is 11.4. The van der Waals surface area contributed by atoms with Gasteiger partial charge in [0.2, 0.25) is 0 Å². The molecule has 1 fully saturated rings. The Hall–Kier alpha value is -3.08. The smallest absolute Gasteiger partial charge is 0.261 e. The molecule has 2 aliphatic rings. The van der Waals surface area contributed by atoms with Crippen LogP contribution in [0.3, 0.4) is 0 Å². The van der Waals surface area contributed by atoms with Crippen LogP contribution in [0.2, 0.25) is 0 Å². The van der Waals surface area contributed by atoms with Gasteiger partial charge in [-0.25, -0.2) is 9.37 Å². The minimum Gasteiger partial charge on any atom is -0.347 e. The second kappa shape index (κ2) is 6.76. The molecule has 0 N–H and O–H groups in total. The molecule has 0 bridgehead atoms. The van der Waals surface area contributed by atoms with Crippen LogP contribution in [-0.2, 0) is 22.4 Å². The van der Waals surface area contributed by atoms with Gasteiger partial charge in [-0.05, 0) is 35.4 Å². The van der Waals surface area contributed by atoms with Gasteiger partial charge in [-0.3, -0.25) is 9.36 Å². The summed E-state index contributed by atoms with van der Waals surface area (Å²) >= 11 is 0. The normalized spacial score (nSPS) is 17.8. The average molecular weight is 391 g/mol. The van der Waals surface area contributed by atoms with Crippen molar-refractivity contribution < 1.29 is 13.9 Å². The summed E-state index contributed by atoms with van der Waals surface area (Å²) in [6.45, 7) is 1.64. The van der Waals surface area contributed by atoms with E-state index in [1.165, 1.54) is 12.1 Å².